The lowest BCUT2D eigenvalue weighted by Crippen LogP contribution is -2.21. The second kappa shape index (κ2) is 29.3. The van der Waals surface area contributed by atoms with Gasteiger partial charge in [0.05, 0.1) is 31.8 Å². The van der Waals surface area contributed by atoms with E-state index in [-0.39, 0.29) is 6.54 Å². The largest absolute Gasteiger partial charge is 0.383 e. The fourth-order valence-electron chi connectivity index (χ4n) is 0.364. The molecule has 0 aliphatic heterocycles. The van der Waals surface area contributed by atoms with Crippen molar-refractivity contribution in [2.75, 3.05) is 33.4 Å². The van der Waals surface area contributed by atoms with Gasteiger partial charge in [-0.1, -0.05) is 0 Å². The molecule has 0 amide bonds. The van der Waals surface area contributed by atoms with Gasteiger partial charge in [0, 0.05) is 13.7 Å². The zero-order valence-corrected chi connectivity index (χ0v) is 8.86. The van der Waals surface area contributed by atoms with Crippen LogP contribution >= 0.6 is 0 Å². The number of hydrazine groups is 2. The molecule has 0 radical (unpaired) electrons. The smallest absolute Gasteiger partial charge is 0.0969 e. The molecule has 0 bridgehead atoms. The summed E-state index contributed by atoms with van der Waals surface area (Å²) >= 11 is 0. The molecule has 0 aromatic carbocycles. The summed E-state index contributed by atoms with van der Waals surface area (Å²) in [4.78, 5) is 0. The number of rotatable bonds is 5. The van der Waals surface area contributed by atoms with Crippen molar-refractivity contribution in [3.63, 3.8) is 0 Å². The van der Waals surface area contributed by atoms with Gasteiger partial charge in [0.25, 0.3) is 0 Å². The van der Waals surface area contributed by atoms with Gasteiger partial charge in [-0.2, -0.15) is 10.5 Å². The number of nitrogens with zero attached hydrogens (tertiary/aromatic N) is 2. The zero-order valence-electron chi connectivity index (χ0n) is 8.86. The molecule has 8 N–H and O–H groups in total. The Balaban J connectivity index is -0.000000177. The minimum Gasteiger partial charge on any atom is -0.383 e. The number of nitrogens with one attached hydrogen (secondary N) is 2. The molecule has 0 saturated heterocycles. The molecule has 0 heterocycles. The van der Waals surface area contributed by atoms with Crippen molar-refractivity contribution in [2.45, 2.75) is 0 Å². The van der Waals surface area contributed by atoms with Crippen LogP contribution in [0.15, 0.2) is 0 Å². The molecular weight excluding hydrogens is 198 g/mol. The highest BCUT2D eigenvalue weighted by atomic mass is 16.5. The van der Waals surface area contributed by atoms with E-state index < -0.39 is 0 Å². The number of methoxy groups -OCH3 is 1. The van der Waals surface area contributed by atoms with E-state index >= 15 is 0 Å². The van der Waals surface area contributed by atoms with Gasteiger partial charge in [-0.05, 0) is 0 Å². The lowest BCUT2D eigenvalue weighted by molar-refractivity contribution is 0.200. The van der Waals surface area contributed by atoms with E-state index in [0.29, 0.717) is 13.2 Å². The molecule has 8 nitrogen and oxygen atoms in total. The van der Waals surface area contributed by atoms with Crippen LogP contribution in [0.1, 0.15) is 0 Å². The van der Waals surface area contributed by atoms with E-state index in [4.69, 9.17) is 15.3 Å². The van der Waals surface area contributed by atoms with Crippen LogP contribution in [0.5, 0.6) is 0 Å². The summed E-state index contributed by atoms with van der Waals surface area (Å²) in [6, 6.07) is 3.74. The van der Waals surface area contributed by atoms with Crippen molar-refractivity contribution in [1.82, 2.24) is 10.7 Å². The van der Waals surface area contributed by atoms with Gasteiger partial charge >= 0.3 is 0 Å². The Bertz CT molecular complexity index is 162. The second-order valence-corrected chi connectivity index (χ2v) is 1.87. The molecule has 15 heavy (non-hydrogen) atoms. The van der Waals surface area contributed by atoms with Crippen molar-refractivity contribution in [3.8, 4) is 12.1 Å². The third-order valence-corrected chi connectivity index (χ3v) is 0.868. The molecule has 8 heteroatoms. The highest BCUT2D eigenvalue weighted by molar-refractivity contribution is 4.71. The lowest BCUT2D eigenvalue weighted by Gasteiger charge is -1.95. The summed E-state index contributed by atoms with van der Waals surface area (Å²) in [7, 11) is 1.63. The molecule has 0 atom stereocenters. The van der Waals surface area contributed by atoms with E-state index in [1.165, 1.54) is 0 Å². The molecule has 0 saturated carbocycles. The van der Waals surface area contributed by atoms with Gasteiger partial charge in [-0.3, -0.25) is 17.5 Å². The Morgan fingerprint density at radius 3 is 2.00 bits per heavy atom. The van der Waals surface area contributed by atoms with E-state index in [1.807, 2.05) is 6.07 Å². The quantitative estimate of drug-likeness (QED) is 0.147. The summed E-state index contributed by atoms with van der Waals surface area (Å²) in [6.45, 7) is 2.05. The van der Waals surface area contributed by atoms with E-state index in [1.54, 1.807) is 13.2 Å². The molecule has 0 aromatic rings. The maximum atomic E-state index is 8.01. The van der Waals surface area contributed by atoms with E-state index in [0.717, 1.165) is 6.54 Å². The predicted octanol–water partition coefficient (Wildman–Crippen LogP) is -2.46. The van der Waals surface area contributed by atoms with Crippen molar-refractivity contribution >= 4 is 0 Å². The van der Waals surface area contributed by atoms with Crippen molar-refractivity contribution < 1.29 is 4.74 Å². The minimum absolute atomic E-state index is 0.222. The molecule has 0 fully saturated rings. The van der Waals surface area contributed by atoms with Crippen LogP contribution in [0.25, 0.3) is 0 Å². The fourth-order valence-corrected chi connectivity index (χ4v) is 0.364. The molecule has 0 unspecified atom stereocenters. The summed E-state index contributed by atoms with van der Waals surface area (Å²) in [6.07, 6.45) is 0. The van der Waals surface area contributed by atoms with Crippen LogP contribution in [-0.4, -0.2) is 33.4 Å². The van der Waals surface area contributed by atoms with Gasteiger partial charge in [0.2, 0.25) is 0 Å². The van der Waals surface area contributed by atoms with Crippen LogP contribution in [0.4, 0.5) is 0 Å². The molecule has 0 aliphatic rings. The van der Waals surface area contributed by atoms with Crippen LogP contribution in [0.2, 0.25) is 0 Å². The van der Waals surface area contributed by atoms with E-state index in [2.05, 4.69) is 28.3 Å². The molecule has 88 valence electrons. The molecular formula is C7H19N7O. The normalized spacial score (nSPS) is 7.07. The molecule has 0 aliphatic carbocycles. The van der Waals surface area contributed by atoms with Gasteiger partial charge in [0.15, 0.2) is 0 Å². The zero-order chi connectivity index (χ0) is 12.4. The lowest BCUT2D eigenvalue weighted by atomic mass is 10.6. The Hall–Kier alpha value is -1.26. The van der Waals surface area contributed by atoms with E-state index in [9.17, 15) is 0 Å². The maximum Gasteiger partial charge on any atom is 0.0969 e. The number of ether oxygens (including phenoxy) is 1. The third-order valence-electron chi connectivity index (χ3n) is 0.868. The van der Waals surface area contributed by atoms with Crippen molar-refractivity contribution in [1.29, 1.82) is 10.5 Å². The average molecular weight is 217 g/mol. The highest BCUT2D eigenvalue weighted by Crippen LogP contribution is 1.61. The average Bonchev–Trinajstić information content (AvgIpc) is 2.29. The molecule has 0 spiro atoms. The fraction of sp³-hybridized carbons (Fsp3) is 0.714. The summed E-state index contributed by atoms with van der Waals surface area (Å²) in [5.41, 5.74) is 2.16. The van der Waals surface area contributed by atoms with Gasteiger partial charge in [0.1, 0.15) is 0 Å². The number of hydrogen-bond donors (Lipinski definition) is 5. The van der Waals surface area contributed by atoms with Gasteiger partial charge in [-0.15, -0.1) is 0 Å². The van der Waals surface area contributed by atoms with Crippen LogP contribution in [-0.2, 0) is 4.74 Å². The summed E-state index contributed by atoms with van der Waals surface area (Å²) < 4.78 is 4.72. The van der Waals surface area contributed by atoms with Crippen molar-refractivity contribution in [2.24, 2.45) is 17.5 Å². The Morgan fingerprint density at radius 1 is 1.20 bits per heavy atom. The monoisotopic (exact) mass is 217 g/mol. The predicted molar refractivity (Wildman–Crippen MR) is 56.5 cm³/mol. The number of hydrogen-bond acceptors (Lipinski definition) is 8. The Labute approximate surface area is 89.9 Å². The number of nitrogens with two attached hydrogens (primary N) is 3. The number of nitriles is 2. The standard InChI is InChI=1S/C5H10N2O.C2H5N3.H4N2/c1-8-5-4-7-3-2-6;3-1-2-5-4;1-2/h7H,3-5H2,1H3;5H,2,4H2;1-2H2. The van der Waals surface area contributed by atoms with Gasteiger partial charge in [-0.25, -0.2) is 5.43 Å². The SMILES string of the molecule is COCCNCC#N.N#CCNN.NN. The summed E-state index contributed by atoms with van der Waals surface area (Å²) in [5.74, 6) is 12.7. The topological polar surface area (TPSA) is 159 Å². The first kappa shape index (κ1) is 19.3. The Kier molecular flexibility index (Phi) is 37.8. The first-order valence-corrected chi connectivity index (χ1v) is 4.03. The summed E-state index contributed by atoms with van der Waals surface area (Å²) in [5, 5.41) is 18.5. The third kappa shape index (κ3) is 44.6. The van der Waals surface area contributed by atoms with Crippen LogP contribution in [0.3, 0.4) is 0 Å². The highest BCUT2D eigenvalue weighted by Gasteiger charge is 1.80. The first-order valence-electron chi connectivity index (χ1n) is 4.03. The molecule has 0 aromatic heterocycles. The minimum atomic E-state index is 0.222. The first-order chi connectivity index (χ1) is 7.33. The van der Waals surface area contributed by atoms with Gasteiger partial charge < -0.3 is 10.1 Å². The van der Waals surface area contributed by atoms with Crippen molar-refractivity contribution in [3.05, 3.63) is 0 Å². The van der Waals surface area contributed by atoms with Crippen LogP contribution in [0, 0.1) is 22.7 Å². The van der Waals surface area contributed by atoms with Crippen LogP contribution < -0.4 is 28.3 Å². The molecule has 0 rings (SSSR count). The maximum absolute atomic E-state index is 8.01. The Morgan fingerprint density at radius 2 is 1.73 bits per heavy atom. The second-order valence-electron chi connectivity index (χ2n) is 1.87.